The lowest BCUT2D eigenvalue weighted by Crippen LogP contribution is -2.48. The number of benzene rings is 2. The van der Waals surface area contributed by atoms with Crippen molar-refractivity contribution in [2.45, 2.75) is 43.9 Å². The van der Waals surface area contributed by atoms with Gasteiger partial charge in [0.15, 0.2) is 0 Å². The zero-order valence-electron chi connectivity index (χ0n) is 18.9. The van der Waals surface area contributed by atoms with E-state index in [1.807, 2.05) is 48.5 Å². The lowest BCUT2D eigenvalue weighted by atomic mass is 10.0. The van der Waals surface area contributed by atoms with Crippen molar-refractivity contribution < 1.29 is 17.6 Å². The standard InChI is InChI=1S/C24H29FN4O3S.ClH/c25-20-14-22(15-26)29(17-20)24(30)16-27-21-8-11-28(12-9-21)33(31,32)13-10-19-6-3-5-18-4-1-2-7-23(18)19;/h1-7,20-22,27H,8-14,16-17H2;1H/t20-,22-;/m0./s1. The van der Waals surface area contributed by atoms with E-state index >= 15 is 0 Å². The van der Waals surface area contributed by atoms with Gasteiger partial charge in [-0.15, -0.1) is 12.4 Å². The molecule has 2 fully saturated rings. The van der Waals surface area contributed by atoms with Crippen LogP contribution < -0.4 is 5.32 Å². The predicted octanol–water partition coefficient (Wildman–Crippen LogP) is 2.65. The summed E-state index contributed by atoms with van der Waals surface area (Å²) in [5.41, 5.74) is 1.03. The van der Waals surface area contributed by atoms with E-state index in [0.717, 1.165) is 16.3 Å². The van der Waals surface area contributed by atoms with Crippen LogP contribution in [0.4, 0.5) is 4.39 Å². The summed E-state index contributed by atoms with van der Waals surface area (Å²) in [7, 11) is -3.38. The molecule has 7 nitrogen and oxygen atoms in total. The quantitative estimate of drug-likeness (QED) is 0.620. The van der Waals surface area contributed by atoms with Crippen molar-refractivity contribution in [3.8, 4) is 6.07 Å². The molecular formula is C24H30ClFN4O3S. The number of nitrogens with zero attached hydrogens (tertiary/aromatic N) is 3. The first-order valence-corrected chi connectivity index (χ1v) is 13.0. The zero-order valence-corrected chi connectivity index (χ0v) is 20.5. The van der Waals surface area contributed by atoms with Crippen molar-refractivity contribution in [1.29, 1.82) is 5.26 Å². The highest BCUT2D eigenvalue weighted by molar-refractivity contribution is 7.89. The van der Waals surface area contributed by atoms with Gasteiger partial charge >= 0.3 is 0 Å². The minimum atomic E-state index is -3.38. The average Bonchev–Trinajstić information content (AvgIpc) is 3.22. The van der Waals surface area contributed by atoms with Crippen LogP contribution in [0.2, 0.25) is 0 Å². The van der Waals surface area contributed by atoms with E-state index in [9.17, 15) is 17.6 Å². The van der Waals surface area contributed by atoms with Gasteiger partial charge < -0.3 is 10.2 Å². The molecule has 1 amide bonds. The molecule has 4 rings (SSSR count). The third-order valence-corrected chi connectivity index (χ3v) is 8.49. The second kappa shape index (κ2) is 11.5. The summed E-state index contributed by atoms with van der Waals surface area (Å²) in [4.78, 5) is 13.7. The van der Waals surface area contributed by atoms with Crippen LogP contribution >= 0.6 is 12.4 Å². The van der Waals surface area contributed by atoms with Gasteiger partial charge in [-0.2, -0.15) is 5.26 Å². The van der Waals surface area contributed by atoms with Gasteiger partial charge in [0.25, 0.3) is 0 Å². The third-order valence-electron chi connectivity index (χ3n) is 6.62. The number of piperidine rings is 1. The minimum Gasteiger partial charge on any atom is -0.323 e. The highest BCUT2D eigenvalue weighted by atomic mass is 35.5. The molecule has 10 heteroatoms. The number of nitriles is 1. The monoisotopic (exact) mass is 508 g/mol. The molecule has 2 aliphatic heterocycles. The van der Waals surface area contributed by atoms with Gasteiger partial charge in [0.1, 0.15) is 12.2 Å². The number of fused-ring (bicyclic) bond motifs is 1. The maximum Gasteiger partial charge on any atom is 0.237 e. The SMILES string of the molecule is Cl.N#C[C@@H]1C[C@H](F)CN1C(=O)CNC1CCN(S(=O)(=O)CCc2cccc3ccccc23)CC1. The van der Waals surface area contributed by atoms with Gasteiger partial charge in [0.05, 0.1) is 24.9 Å². The van der Waals surface area contributed by atoms with E-state index in [1.54, 1.807) is 0 Å². The van der Waals surface area contributed by atoms with E-state index in [-0.39, 0.29) is 49.6 Å². The molecule has 0 radical (unpaired) electrons. The Bertz CT molecular complexity index is 1140. The summed E-state index contributed by atoms with van der Waals surface area (Å²) in [6, 6.07) is 15.2. The molecule has 2 aromatic carbocycles. The van der Waals surface area contributed by atoms with E-state index in [0.29, 0.717) is 32.4 Å². The molecule has 0 unspecified atom stereocenters. The number of hydrogen-bond donors (Lipinski definition) is 1. The summed E-state index contributed by atoms with van der Waals surface area (Å²) < 4.78 is 40.9. The maximum atomic E-state index is 13.5. The number of nitrogens with one attached hydrogen (secondary N) is 1. The number of hydrogen-bond acceptors (Lipinski definition) is 5. The first kappa shape index (κ1) is 26.4. The summed E-state index contributed by atoms with van der Waals surface area (Å²) >= 11 is 0. The second-order valence-electron chi connectivity index (χ2n) is 8.78. The number of amides is 1. The molecule has 2 saturated heterocycles. The van der Waals surface area contributed by atoms with Gasteiger partial charge in [-0.25, -0.2) is 17.1 Å². The molecule has 0 aromatic heterocycles. The molecule has 0 aliphatic carbocycles. The van der Waals surface area contributed by atoms with Crippen LogP contribution in [-0.2, 0) is 21.2 Å². The molecule has 0 bridgehead atoms. The molecule has 2 atom stereocenters. The Hall–Kier alpha value is -2.25. The molecule has 1 N–H and O–H groups in total. The first-order chi connectivity index (χ1) is 15.9. The van der Waals surface area contributed by atoms with Crippen molar-refractivity contribution in [2.75, 3.05) is 31.9 Å². The lowest BCUT2D eigenvalue weighted by molar-refractivity contribution is -0.130. The second-order valence-corrected chi connectivity index (χ2v) is 10.9. The number of alkyl halides is 1. The number of carbonyl (C=O) groups excluding carboxylic acids is 1. The van der Waals surface area contributed by atoms with E-state index in [2.05, 4.69) is 5.32 Å². The number of sulfonamides is 1. The number of likely N-dealkylation sites (tertiary alicyclic amines) is 1. The van der Waals surface area contributed by atoms with E-state index < -0.39 is 22.2 Å². The summed E-state index contributed by atoms with van der Waals surface area (Å²) in [6.45, 7) is 0.803. The van der Waals surface area contributed by atoms with Crippen LogP contribution in [0.1, 0.15) is 24.8 Å². The molecular weight excluding hydrogens is 479 g/mol. The highest BCUT2D eigenvalue weighted by Gasteiger charge is 2.35. The fraction of sp³-hybridized carbons (Fsp3) is 0.500. The van der Waals surface area contributed by atoms with Crippen LogP contribution in [0.3, 0.4) is 0 Å². The fourth-order valence-corrected chi connectivity index (χ4v) is 6.24. The minimum absolute atomic E-state index is 0. The molecule has 34 heavy (non-hydrogen) atoms. The van der Waals surface area contributed by atoms with Crippen molar-refractivity contribution in [3.05, 3.63) is 48.0 Å². The summed E-state index contributed by atoms with van der Waals surface area (Å²) in [5, 5.41) is 14.4. The molecule has 0 saturated carbocycles. The van der Waals surface area contributed by atoms with Crippen LogP contribution in [0, 0.1) is 11.3 Å². The summed E-state index contributed by atoms with van der Waals surface area (Å²) in [6.07, 6.45) is 0.586. The molecule has 2 aromatic rings. The van der Waals surface area contributed by atoms with E-state index in [4.69, 9.17) is 5.26 Å². The third kappa shape index (κ3) is 6.05. The molecule has 2 aliphatic rings. The van der Waals surface area contributed by atoms with Crippen molar-refractivity contribution >= 4 is 39.1 Å². The topological polar surface area (TPSA) is 93.5 Å². The number of rotatable bonds is 7. The van der Waals surface area contributed by atoms with Gasteiger partial charge in [-0.1, -0.05) is 42.5 Å². The average molecular weight is 509 g/mol. The number of aryl methyl sites for hydroxylation is 1. The Kier molecular flexibility index (Phi) is 8.88. The van der Waals surface area contributed by atoms with Crippen molar-refractivity contribution in [2.24, 2.45) is 0 Å². The van der Waals surface area contributed by atoms with Gasteiger partial charge in [-0.3, -0.25) is 4.79 Å². The normalized spacial score (nSPS) is 21.8. The number of carbonyl (C=O) groups is 1. The van der Waals surface area contributed by atoms with Crippen LogP contribution in [0.5, 0.6) is 0 Å². The van der Waals surface area contributed by atoms with Crippen LogP contribution in [0.15, 0.2) is 42.5 Å². The Labute approximate surface area is 206 Å². The molecule has 0 spiro atoms. The fourth-order valence-electron chi connectivity index (χ4n) is 4.73. The molecule has 2 heterocycles. The van der Waals surface area contributed by atoms with Gasteiger partial charge in [-0.05, 0) is 35.6 Å². The van der Waals surface area contributed by atoms with Crippen molar-refractivity contribution in [1.82, 2.24) is 14.5 Å². The van der Waals surface area contributed by atoms with E-state index in [1.165, 1.54) is 9.21 Å². The number of halogens is 2. The maximum absolute atomic E-state index is 13.5. The Balaban J connectivity index is 0.00000324. The first-order valence-electron chi connectivity index (χ1n) is 11.4. The van der Waals surface area contributed by atoms with Gasteiger partial charge in [0.2, 0.25) is 15.9 Å². The Morgan fingerprint density at radius 3 is 2.59 bits per heavy atom. The summed E-state index contributed by atoms with van der Waals surface area (Å²) in [5.74, 6) is -0.223. The predicted molar refractivity (Wildman–Crippen MR) is 132 cm³/mol. The lowest BCUT2D eigenvalue weighted by Gasteiger charge is -2.32. The highest BCUT2D eigenvalue weighted by Crippen LogP contribution is 2.22. The molecule has 184 valence electrons. The van der Waals surface area contributed by atoms with Crippen LogP contribution in [0.25, 0.3) is 10.8 Å². The largest absolute Gasteiger partial charge is 0.323 e. The zero-order chi connectivity index (χ0) is 23.4. The van der Waals surface area contributed by atoms with Gasteiger partial charge in [0, 0.05) is 25.6 Å². The Morgan fingerprint density at radius 2 is 1.85 bits per heavy atom. The van der Waals surface area contributed by atoms with Crippen LogP contribution in [-0.4, -0.2) is 73.7 Å². The Morgan fingerprint density at radius 1 is 1.15 bits per heavy atom. The smallest absolute Gasteiger partial charge is 0.237 e. The van der Waals surface area contributed by atoms with Crippen molar-refractivity contribution in [3.63, 3.8) is 0 Å².